The molecular formula is C23H32N6O. The van der Waals surface area contributed by atoms with E-state index >= 15 is 0 Å². The first-order valence-corrected chi connectivity index (χ1v) is 10.9. The van der Waals surface area contributed by atoms with Gasteiger partial charge in [0.25, 0.3) is 0 Å². The van der Waals surface area contributed by atoms with Crippen LogP contribution in [0.15, 0.2) is 48.0 Å². The number of hydrogen-bond acceptors (Lipinski definition) is 3. The lowest BCUT2D eigenvalue weighted by Crippen LogP contribution is -2.48. The van der Waals surface area contributed by atoms with Crippen molar-refractivity contribution in [3.63, 3.8) is 0 Å². The van der Waals surface area contributed by atoms with E-state index in [1.54, 1.807) is 0 Å². The van der Waals surface area contributed by atoms with Crippen molar-refractivity contribution in [3.05, 3.63) is 54.1 Å². The van der Waals surface area contributed by atoms with Crippen molar-refractivity contribution >= 4 is 11.9 Å². The van der Waals surface area contributed by atoms with Crippen molar-refractivity contribution in [2.24, 2.45) is 10.9 Å². The van der Waals surface area contributed by atoms with E-state index in [0.717, 1.165) is 45.0 Å². The first kappa shape index (κ1) is 20.4. The normalized spacial score (nSPS) is 22.6. The molecule has 2 saturated heterocycles. The number of aromatic nitrogens is 2. The third kappa shape index (κ3) is 4.66. The summed E-state index contributed by atoms with van der Waals surface area (Å²) in [4.78, 5) is 25.0. The Bertz CT molecular complexity index is 878. The predicted molar refractivity (Wildman–Crippen MR) is 118 cm³/mol. The molecule has 30 heavy (non-hydrogen) atoms. The molecule has 1 amide bonds. The third-order valence-corrected chi connectivity index (χ3v) is 6.32. The number of nitrogens with zero attached hydrogens (tertiary/aromatic N) is 5. The molecule has 7 nitrogen and oxygen atoms in total. The molecule has 1 N–H and O–H groups in total. The number of piperidine rings is 1. The second kappa shape index (κ2) is 9.32. The number of likely N-dealkylation sites (tertiary alicyclic amines) is 2. The Balaban J connectivity index is 1.36. The number of aliphatic imine (C=N–C) groups is 1. The van der Waals surface area contributed by atoms with Gasteiger partial charge in [-0.15, -0.1) is 0 Å². The van der Waals surface area contributed by atoms with E-state index in [1.165, 1.54) is 11.1 Å². The number of nitrogens with one attached hydrogen (secondary N) is 1. The fourth-order valence-electron chi connectivity index (χ4n) is 4.54. The van der Waals surface area contributed by atoms with Gasteiger partial charge in [0.2, 0.25) is 5.91 Å². The Kier molecular flexibility index (Phi) is 6.35. The second-order valence-electron chi connectivity index (χ2n) is 8.43. The molecule has 2 aromatic rings. The highest BCUT2D eigenvalue weighted by molar-refractivity contribution is 5.80. The van der Waals surface area contributed by atoms with Crippen molar-refractivity contribution < 1.29 is 4.79 Å². The topological polar surface area (TPSA) is 65.8 Å². The van der Waals surface area contributed by atoms with Gasteiger partial charge in [-0.1, -0.05) is 31.2 Å². The van der Waals surface area contributed by atoms with Crippen LogP contribution in [-0.4, -0.2) is 57.9 Å². The molecule has 3 heterocycles. The summed E-state index contributed by atoms with van der Waals surface area (Å²) in [5, 5.41) is 3.54. The SMILES string of the molecule is CN=C(NCc1cccc(CN2CCCC2=O)c1)N1CCC(C)C(n2ccnc2)C1. The van der Waals surface area contributed by atoms with E-state index in [2.05, 4.69) is 62.1 Å². The molecule has 4 rings (SSSR count). The van der Waals surface area contributed by atoms with E-state index in [4.69, 9.17) is 0 Å². The molecule has 160 valence electrons. The average molecular weight is 409 g/mol. The minimum atomic E-state index is 0.269. The number of rotatable bonds is 5. The predicted octanol–water partition coefficient (Wildman–Crippen LogP) is 2.66. The number of benzene rings is 1. The molecule has 2 fully saturated rings. The first-order chi connectivity index (χ1) is 14.6. The summed E-state index contributed by atoms with van der Waals surface area (Å²) in [7, 11) is 1.85. The molecule has 2 aliphatic rings. The average Bonchev–Trinajstić information content (AvgIpc) is 3.42. The van der Waals surface area contributed by atoms with Crippen LogP contribution in [0.4, 0.5) is 0 Å². The van der Waals surface area contributed by atoms with E-state index in [-0.39, 0.29) is 5.91 Å². The van der Waals surface area contributed by atoms with Gasteiger partial charge in [0, 0.05) is 58.6 Å². The zero-order valence-electron chi connectivity index (χ0n) is 18.0. The Morgan fingerprint density at radius 1 is 1.30 bits per heavy atom. The van der Waals surface area contributed by atoms with Crippen LogP contribution in [-0.2, 0) is 17.9 Å². The van der Waals surface area contributed by atoms with Crippen LogP contribution in [0.5, 0.6) is 0 Å². The number of amides is 1. The highest BCUT2D eigenvalue weighted by atomic mass is 16.2. The van der Waals surface area contributed by atoms with Crippen LogP contribution in [0.3, 0.4) is 0 Å². The highest BCUT2D eigenvalue weighted by Crippen LogP contribution is 2.27. The number of imidazole rings is 1. The molecular weight excluding hydrogens is 376 g/mol. The lowest BCUT2D eigenvalue weighted by atomic mass is 9.93. The maximum Gasteiger partial charge on any atom is 0.222 e. The van der Waals surface area contributed by atoms with Crippen molar-refractivity contribution in [3.8, 4) is 0 Å². The summed E-state index contributed by atoms with van der Waals surface area (Å²) >= 11 is 0. The lowest BCUT2D eigenvalue weighted by molar-refractivity contribution is -0.128. The van der Waals surface area contributed by atoms with Crippen molar-refractivity contribution in [2.75, 3.05) is 26.7 Å². The van der Waals surface area contributed by atoms with Gasteiger partial charge in [-0.2, -0.15) is 0 Å². The molecule has 0 bridgehead atoms. The molecule has 7 heteroatoms. The molecule has 1 aromatic heterocycles. The van der Waals surface area contributed by atoms with Crippen LogP contribution in [0.25, 0.3) is 0 Å². The number of carbonyl (C=O) groups excluding carboxylic acids is 1. The van der Waals surface area contributed by atoms with Crippen LogP contribution in [0, 0.1) is 5.92 Å². The quantitative estimate of drug-likeness (QED) is 0.610. The fraction of sp³-hybridized carbons (Fsp3) is 0.522. The van der Waals surface area contributed by atoms with Gasteiger partial charge in [-0.25, -0.2) is 4.98 Å². The van der Waals surface area contributed by atoms with E-state index in [9.17, 15) is 4.79 Å². The summed E-state index contributed by atoms with van der Waals surface area (Å²) in [6.07, 6.45) is 8.61. The lowest BCUT2D eigenvalue weighted by Gasteiger charge is -2.39. The van der Waals surface area contributed by atoms with Crippen molar-refractivity contribution in [1.29, 1.82) is 0 Å². The Labute approximate surface area is 178 Å². The summed E-state index contributed by atoms with van der Waals surface area (Å²) in [6, 6.07) is 8.90. The van der Waals surface area contributed by atoms with Crippen molar-refractivity contribution in [1.82, 2.24) is 24.7 Å². The number of hydrogen-bond donors (Lipinski definition) is 1. The zero-order valence-corrected chi connectivity index (χ0v) is 18.0. The van der Waals surface area contributed by atoms with Gasteiger partial charge < -0.3 is 19.7 Å². The van der Waals surface area contributed by atoms with Gasteiger partial charge in [0.15, 0.2) is 5.96 Å². The molecule has 0 aliphatic carbocycles. The van der Waals surface area contributed by atoms with E-state index in [0.29, 0.717) is 24.9 Å². The molecule has 0 saturated carbocycles. The monoisotopic (exact) mass is 408 g/mol. The van der Waals surface area contributed by atoms with Gasteiger partial charge >= 0.3 is 0 Å². The number of guanidine groups is 1. The zero-order chi connectivity index (χ0) is 20.9. The fourth-order valence-corrected chi connectivity index (χ4v) is 4.54. The van der Waals surface area contributed by atoms with E-state index in [1.807, 2.05) is 24.5 Å². The maximum absolute atomic E-state index is 11.9. The molecule has 0 spiro atoms. The highest BCUT2D eigenvalue weighted by Gasteiger charge is 2.28. The van der Waals surface area contributed by atoms with Crippen LogP contribution in [0.2, 0.25) is 0 Å². The van der Waals surface area contributed by atoms with Crippen LogP contribution < -0.4 is 5.32 Å². The van der Waals surface area contributed by atoms with Gasteiger partial charge in [-0.05, 0) is 29.9 Å². The second-order valence-corrected chi connectivity index (χ2v) is 8.43. The van der Waals surface area contributed by atoms with Crippen LogP contribution in [0.1, 0.15) is 43.4 Å². The summed E-state index contributed by atoms with van der Waals surface area (Å²) in [6.45, 7) is 6.54. The molecule has 2 atom stereocenters. The summed E-state index contributed by atoms with van der Waals surface area (Å²) < 4.78 is 2.22. The molecule has 0 radical (unpaired) electrons. The minimum absolute atomic E-state index is 0.269. The summed E-state index contributed by atoms with van der Waals surface area (Å²) in [5.74, 6) is 1.82. The maximum atomic E-state index is 11.9. The van der Waals surface area contributed by atoms with Crippen molar-refractivity contribution in [2.45, 2.75) is 45.3 Å². The summed E-state index contributed by atoms with van der Waals surface area (Å²) in [5.41, 5.74) is 2.39. The first-order valence-electron chi connectivity index (χ1n) is 10.9. The third-order valence-electron chi connectivity index (χ3n) is 6.32. The van der Waals surface area contributed by atoms with Gasteiger partial charge in [0.05, 0.1) is 12.4 Å². The number of carbonyl (C=O) groups is 1. The van der Waals surface area contributed by atoms with Gasteiger partial charge in [0.1, 0.15) is 0 Å². The largest absolute Gasteiger partial charge is 0.352 e. The standard InChI is InChI=1S/C23H32N6O/c1-18-8-11-28(16-21(18)29-12-9-25-17-29)23(24-2)26-14-19-5-3-6-20(13-19)15-27-10-4-7-22(27)30/h3,5-6,9,12-13,17-18,21H,4,7-8,10-11,14-16H2,1-2H3,(H,24,26). The smallest absolute Gasteiger partial charge is 0.222 e. The molecule has 1 aromatic carbocycles. The van der Waals surface area contributed by atoms with E-state index < -0.39 is 0 Å². The Hall–Kier alpha value is -2.83. The Morgan fingerprint density at radius 2 is 2.17 bits per heavy atom. The minimum Gasteiger partial charge on any atom is -0.352 e. The van der Waals surface area contributed by atoms with Gasteiger partial charge in [-0.3, -0.25) is 9.79 Å². The Morgan fingerprint density at radius 3 is 2.90 bits per heavy atom. The molecule has 2 unspecified atom stereocenters. The molecule has 2 aliphatic heterocycles. The van der Waals surface area contributed by atoms with Crippen LogP contribution >= 0.6 is 0 Å².